The van der Waals surface area contributed by atoms with E-state index in [-0.39, 0.29) is 5.54 Å². The second-order valence-electron chi connectivity index (χ2n) is 4.76. The molecule has 2 nitrogen and oxygen atoms in total. The third-order valence-electron chi connectivity index (χ3n) is 2.32. The Balaban J connectivity index is 2.40. The van der Waals surface area contributed by atoms with E-state index in [1.165, 1.54) is 16.8 Å². The summed E-state index contributed by atoms with van der Waals surface area (Å²) in [4.78, 5) is 8.88. The van der Waals surface area contributed by atoms with Crippen LogP contribution < -0.4 is 0 Å². The average molecular weight is 188 g/mol. The van der Waals surface area contributed by atoms with E-state index in [0.717, 1.165) is 12.8 Å². The zero-order chi connectivity index (χ0) is 10.2. The summed E-state index contributed by atoms with van der Waals surface area (Å²) < 4.78 is 0. The first-order chi connectivity index (χ1) is 6.56. The molecule has 0 saturated carbocycles. The number of nitrogens with zero attached hydrogens (tertiary/aromatic N) is 2. The molecule has 1 heterocycles. The quantitative estimate of drug-likeness (QED) is 0.614. The topological polar surface area (TPSA) is 25.2 Å². The molecule has 0 radical (unpaired) electrons. The summed E-state index contributed by atoms with van der Waals surface area (Å²) in [6, 6.07) is 2.10. The summed E-state index contributed by atoms with van der Waals surface area (Å²) in [5.41, 5.74) is 3.89. The Morgan fingerprint density at radius 3 is 2.79 bits per heavy atom. The minimum absolute atomic E-state index is 0.0206. The molecule has 0 aromatic carbocycles. The largest absolute Gasteiger partial charge is 0.283 e. The van der Waals surface area contributed by atoms with Crippen LogP contribution in [0.4, 0.5) is 0 Å². The van der Waals surface area contributed by atoms with Crippen molar-refractivity contribution in [1.82, 2.24) is 4.98 Å². The van der Waals surface area contributed by atoms with Crippen LogP contribution in [-0.4, -0.2) is 16.2 Å². The molecule has 0 aliphatic heterocycles. The second kappa shape index (κ2) is 3.19. The highest BCUT2D eigenvalue weighted by Crippen LogP contribution is 2.23. The van der Waals surface area contributed by atoms with Crippen molar-refractivity contribution in [2.75, 3.05) is 0 Å². The molecule has 0 bridgehead atoms. The number of fused-ring (bicyclic) bond motifs is 1. The molecular weight excluding hydrogens is 172 g/mol. The SMILES string of the molecule is CC(C)(C)/N=C1/CCc2ccncc21. The van der Waals surface area contributed by atoms with Gasteiger partial charge in [0.25, 0.3) is 0 Å². The highest BCUT2D eigenvalue weighted by Gasteiger charge is 2.19. The molecule has 1 aromatic heterocycles. The standard InChI is InChI=1S/C12H16N2/c1-12(2,3)14-11-5-4-9-6-7-13-8-10(9)11/h6-8H,4-5H2,1-3H3/b14-11-. The Bertz CT molecular complexity index is 372. The molecular formula is C12H16N2. The predicted molar refractivity (Wildman–Crippen MR) is 58.8 cm³/mol. The summed E-state index contributed by atoms with van der Waals surface area (Å²) in [5, 5.41) is 0. The van der Waals surface area contributed by atoms with Crippen LogP contribution in [0.25, 0.3) is 0 Å². The van der Waals surface area contributed by atoms with Gasteiger partial charge in [0, 0.05) is 23.7 Å². The van der Waals surface area contributed by atoms with Gasteiger partial charge < -0.3 is 0 Å². The second-order valence-corrected chi connectivity index (χ2v) is 4.76. The van der Waals surface area contributed by atoms with Crippen LogP contribution in [0.15, 0.2) is 23.5 Å². The number of pyridine rings is 1. The van der Waals surface area contributed by atoms with Crippen LogP contribution in [0, 0.1) is 0 Å². The number of aliphatic imine (C=N–C) groups is 1. The lowest BCUT2D eigenvalue weighted by Gasteiger charge is -2.13. The Labute approximate surface area is 85.1 Å². The number of aromatic nitrogens is 1. The Morgan fingerprint density at radius 1 is 1.29 bits per heavy atom. The monoisotopic (exact) mass is 188 g/mol. The van der Waals surface area contributed by atoms with E-state index in [9.17, 15) is 0 Å². The van der Waals surface area contributed by atoms with Crippen molar-refractivity contribution in [2.24, 2.45) is 4.99 Å². The van der Waals surface area contributed by atoms with Gasteiger partial charge in [-0.3, -0.25) is 9.98 Å². The highest BCUT2D eigenvalue weighted by atomic mass is 14.8. The molecule has 0 N–H and O–H groups in total. The summed E-state index contributed by atoms with van der Waals surface area (Å²) in [6.07, 6.45) is 5.98. The van der Waals surface area contributed by atoms with Gasteiger partial charge in [-0.25, -0.2) is 0 Å². The first kappa shape index (κ1) is 9.38. The van der Waals surface area contributed by atoms with Crippen molar-refractivity contribution < 1.29 is 0 Å². The Hall–Kier alpha value is -1.18. The molecule has 1 aliphatic carbocycles. The van der Waals surface area contributed by atoms with Crippen LogP contribution >= 0.6 is 0 Å². The highest BCUT2D eigenvalue weighted by molar-refractivity contribution is 6.04. The van der Waals surface area contributed by atoms with Crippen LogP contribution in [0.2, 0.25) is 0 Å². The minimum atomic E-state index is 0.0206. The predicted octanol–water partition coefficient (Wildman–Crippen LogP) is 2.62. The summed E-state index contributed by atoms with van der Waals surface area (Å²) in [5.74, 6) is 0. The van der Waals surface area contributed by atoms with E-state index in [1.54, 1.807) is 0 Å². The molecule has 0 unspecified atom stereocenters. The van der Waals surface area contributed by atoms with E-state index in [1.807, 2.05) is 12.4 Å². The van der Waals surface area contributed by atoms with Crippen molar-refractivity contribution in [2.45, 2.75) is 39.2 Å². The maximum Gasteiger partial charge on any atom is 0.0527 e. The molecule has 0 fully saturated rings. The lowest BCUT2D eigenvalue weighted by molar-refractivity contribution is 0.583. The Morgan fingerprint density at radius 2 is 2.07 bits per heavy atom. The molecule has 2 heteroatoms. The molecule has 0 amide bonds. The van der Waals surface area contributed by atoms with E-state index < -0.39 is 0 Å². The normalized spacial score (nSPS) is 18.6. The minimum Gasteiger partial charge on any atom is -0.283 e. The molecule has 14 heavy (non-hydrogen) atoms. The summed E-state index contributed by atoms with van der Waals surface area (Å²) in [7, 11) is 0. The van der Waals surface area contributed by atoms with Crippen molar-refractivity contribution in [3.05, 3.63) is 29.6 Å². The zero-order valence-corrected chi connectivity index (χ0v) is 9.04. The number of hydrogen-bond donors (Lipinski definition) is 0. The molecule has 74 valence electrons. The average Bonchev–Trinajstić information content (AvgIpc) is 2.47. The first-order valence-electron chi connectivity index (χ1n) is 5.08. The van der Waals surface area contributed by atoms with Gasteiger partial charge in [-0.1, -0.05) is 0 Å². The fraction of sp³-hybridized carbons (Fsp3) is 0.500. The van der Waals surface area contributed by atoms with Gasteiger partial charge in [0.1, 0.15) is 0 Å². The molecule has 0 atom stereocenters. The van der Waals surface area contributed by atoms with Crippen LogP contribution in [0.3, 0.4) is 0 Å². The van der Waals surface area contributed by atoms with Gasteiger partial charge in [-0.15, -0.1) is 0 Å². The van der Waals surface area contributed by atoms with Gasteiger partial charge in [0.15, 0.2) is 0 Å². The van der Waals surface area contributed by atoms with Crippen LogP contribution in [0.1, 0.15) is 38.3 Å². The van der Waals surface area contributed by atoms with E-state index >= 15 is 0 Å². The zero-order valence-electron chi connectivity index (χ0n) is 9.04. The van der Waals surface area contributed by atoms with Crippen molar-refractivity contribution in [1.29, 1.82) is 0 Å². The van der Waals surface area contributed by atoms with Gasteiger partial charge in [-0.2, -0.15) is 0 Å². The van der Waals surface area contributed by atoms with Gasteiger partial charge in [0.2, 0.25) is 0 Å². The number of hydrogen-bond acceptors (Lipinski definition) is 2. The lowest BCUT2D eigenvalue weighted by Crippen LogP contribution is -2.13. The van der Waals surface area contributed by atoms with Crippen molar-refractivity contribution in [3.8, 4) is 0 Å². The van der Waals surface area contributed by atoms with Crippen molar-refractivity contribution in [3.63, 3.8) is 0 Å². The van der Waals surface area contributed by atoms with Gasteiger partial charge in [-0.05, 0) is 45.2 Å². The van der Waals surface area contributed by atoms with Crippen LogP contribution in [-0.2, 0) is 6.42 Å². The molecule has 0 spiro atoms. The third-order valence-corrected chi connectivity index (χ3v) is 2.32. The lowest BCUT2D eigenvalue weighted by atomic mass is 10.1. The number of aryl methyl sites for hydroxylation is 1. The van der Waals surface area contributed by atoms with E-state index in [4.69, 9.17) is 4.99 Å². The van der Waals surface area contributed by atoms with Gasteiger partial charge >= 0.3 is 0 Å². The summed E-state index contributed by atoms with van der Waals surface area (Å²) >= 11 is 0. The molecule has 2 rings (SSSR count). The fourth-order valence-corrected chi connectivity index (χ4v) is 1.81. The first-order valence-corrected chi connectivity index (χ1v) is 5.08. The van der Waals surface area contributed by atoms with Gasteiger partial charge in [0.05, 0.1) is 5.54 Å². The van der Waals surface area contributed by atoms with E-state index in [0.29, 0.717) is 0 Å². The third kappa shape index (κ3) is 1.84. The maximum atomic E-state index is 4.73. The maximum absolute atomic E-state index is 4.73. The van der Waals surface area contributed by atoms with E-state index in [2.05, 4.69) is 31.8 Å². The summed E-state index contributed by atoms with van der Waals surface area (Å²) in [6.45, 7) is 6.40. The van der Waals surface area contributed by atoms with Crippen LogP contribution in [0.5, 0.6) is 0 Å². The molecule has 0 saturated heterocycles. The fourth-order valence-electron chi connectivity index (χ4n) is 1.81. The van der Waals surface area contributed by atoms with Crippen molar-refractivity contribution >= 4 is 5.71 Å². The number of rotatable bonds is 0. The molecule has 1 aliphatic rings. The smallest absolute Gasteiger partial charge is 0.0527 e. The Kier molecular flexibility index (Phi) is 2.14. The molecule has 1 aromatic rings.